The zero-order valence-corrected chi connectivity index (χ0v) is 15.3. The second-order valence-corrected chi connectivity index (χ2v) is 6.00. The van der Waals surface area contributed by atoms with Gasteiger partial charge in [0.2, 0.25) is 11.8 Å². The first kappa shape index (κ1) is 17.5. The summed E-state index contributed by atoms with van der Waals surface area (Å²) in [6.07, 6.45) is 0. The summed E-state index contributed by atoms with van der Waals surface area (Å²) >= 11 is 0. The maximum Gasteiger partial charge on any atom is 0.237 e. The fourth-order valence-corrected chi connectivity index (χ4v) is 2.71. The summed E-state index contributed by atoms with van der Waals surface area (Å²) in [5.41, 5.74) is 2.10. The van der Waals surface area contributed by atoms with Crippen molar-refractivity contribution in [2.75, 3.05) is 12.4 Å². The summed E-state index contributed by atoms with van der Waals surface area (Å²) in [6, 6.07) is 18.1. The van der Waals surface area contributed by atoms with Crippen molar-refractivity contribution in [1.82, 2.24) is 19.8 Å². The second kappa shape index (κ2) is 7.36. The van der Waals surface area contributed by atoms with E-state index in [-0.39, 0.29) is 5.91 Å². The summed E-state index contributed by atoms with van der Waals surface area (Å²) in [5.74, 6) is 2.13. The molecule has 1 amide bonds. The summed E-state index contributed by atoms with van der Waals surface area (Å²) in [5, 5.41) is 15.6. The molecule has 0 spiro atoms. The molecule has 0 saturated carbocycles. The van der Waals surface area contributed by atoms with Crippen molar-refractivity contribution < 1.29 is 14.3 Å². The van der Waals surface area contributed by atoms with Gasteiger partial charge in [0.05, 0.1) is 7.11 Å². The first-order valence-corrected chi connectivity index (χ1v) is 8.55. The Morgan fingerprint density at radius 1 is 1.00 bits per heavy atom. The van der Waals surface area contributed by atoms with Crippen molar-refractivity contribution in [3.63, 3.8) is 0 Å². The quantitative estimate of drug-likeness (QED) is 0.574. The number of hydrogen-bond donors (Lipinski definition) is 1. The van der Waals surface area contributed by atoms with E-state index in [1.165, 1.54) is 6.92 Å². The predicted molar refractivity (Wildman–Crippen MR) is 104 cm³/mol. The SMILES string of the molecule is COc1ccc(-c2nnc3ccc(Oc4cccc(NC(C)=O)c4)nn23)cc1. The molecule has 0 radical (unpaired) electrons. The molecule has 0 aliphatic rings. The fraction of sp³-hybridized carbons (Fsp3) is 0.100. The van der Waals surface area contributed by atoms with Gasteiger partial charge in [-0.15, -0.1) is 15.3 Å². The lowest BCUT2D eigenvalue weighted by atomic mass is 10.2. The minimum atomic E-state index is -0.148. The minimum Gasteiger partial charge on any atom is -0.497 e. The number of amides is 1. The van der Waals surface area contributed by atoms with Gasteiger partial charge in [-0.05, 0) is 42.5 Å². The smallest absolute Gasteiger partial charge is 0.237 e. The first-order chi connectivity index (χ1) is 13.6. The number of fused-ring (bicyclic) bond motifs is 1. The molecule has 0 saturated heterocycles. The monoisotopic (exact) mass is 375 g/mol. The molecule has 0 atom stereocenters. The number of carbonyl (C=O) groups is 1. The Balaban J connectivity index is 1.65. The van der Waals surface area contributed by atoms with Gasteiger partial charge >= 0.3 is 0 Å². The largest absolute Gasteiger partial charge is 0.497 e. The van der Waals surface area contributed by atoms with Crippen LogP contribution >= 0.6 is 0 Å². The molecule has 0 aliphatic heterocycles. The number of hydrogen-bond acceptors (Lipinski definition) is 6. The Morgan fingerprint density at radius 2 is 1.82 bits per heavy atom. The number of nitrogens with one attached hydrogen (secondary N) is 1. The molecule has 4 aromatic rings. The Bertz CT molecular complexity index is 1140. The average molecular weight is 375 g/mol. The van der Waals surface area contributed by atoms with Crippen LogP contribution in [0, 0.1) is 0 Å². The van der Waals surface area contributed by atoms with Gasteiger partial charge in [-0.3, -0.25) is 4.79 Å². The lowest BCUT2D eigenvalue weighted by Crippen LogP contribution is -2.05. The van der Waals surface area contributed by atoms with Crippen molar-refractivity contribution >= 4 is 17.2 Å². The third-order valence-electron chi connectivity index (χ3n) is 3.96. The molecule has 1 N–H and O–H groups in total. The van der Waals surface area contributed by atoms with Crippen molar-refractivity contribution in [1.29, 1.82) is 0 Å². The molecule has 2 heterocycles. The molecule has 2 aromatic carbocycles. The summed E-state index contributed by atoms with van der Waals surface area (Å²) in [6.45, 7) is 1.45. The second-order valence-electron chi connectivity index (χ2n) is 6.00. The standard InChI is InChI=1S/C20H17N5O3/c1-13(26)21-15-4-3-5-17(12-15)28-19-11-10-18-22-23-20(25(18)24-19)14-6-8-16(27-2)9-7-14/h3-12H,1-2H3,(H,21,26). The van der Waals surface area contributed by atoms with E-state index in [1.54, 1.807) is 48.0 Å². The highest BCUT2D eigenvalue weighted by Gasteiger charge is 2.11. The van der Waals surface area contributed by atoms with Crippen LogP contribution in [0.1, 0.15) is 6.92 Å². The van der Waals surface area contributed by atoms with Crippen LogP contribution in [0.4, 0.5) is 5.69 Å². The molecule has 8 nitrogen and oxygen atoms in total. The van der Waals surface area contributed by atoms with E-state index in [2.05, 4.69) is 20.6 Å². The molecule has 0 bridgehead atoms. The van der Waals surface area contributed by atoms with Crippen molar-refractivity contribution in [2.24, 2.45) is 0 Å². The van der Waals surface area contributed by atoms with E-state index in [0.717, 1.165) is 11.3 Å². The molecule has 0 fully saturated rings. The van der Waals surface area contributed by atoms with E-state index >= 15 is 0 Å². The van der Waals surface area contributed by atoms with Crippen LogP contribution in [0.15, 0.2) is 60.7 Å². The number of carbonyl (C=O) groups excluding carboxylic acids is 1. The topological polar surface area (TPSA) is 90.6 Å². The molecule has 8 heteroatoms. The van der Waals surface area contributed by atoms with Crippen LogP contribution in [-0.4, -0.2) is 32.8 Å². The molecule has 140 valence electrons. The van der Waals surface area contributed by atoms with Gasteiger partial charge in [0.15, 0.2) is 11.5 Å². The molecular weight excluding hydrogens is 358 g/mol. The van der Waals surface area contributed by atoms with Crippen LogP contribution in [0.3, 0.4) is 0 Å². The zero-order valence-electron chi connectivity index (χ0n) is 15.3. The zero-order chi connectivity index (χ0) is 19.5. The number of aromatic nitrogens is 4. The normalized spacial score (nSPS) is 10.6. The maximum absolute atomic E-state index is 11.2. The predicted octanol–water partition coefficient (Wildman–Crippen LogP) is 3.55. The van der Waals surface area contributed by atoms with Gasteiger partial charge in [0, 0.05) is 30.3 Å². The van der Waals surface area contributed by atoms with E-state index in [1.807, 2.05) is 24.3 Å². The highest BCUT2D eigenvalue weighted by atomic mass is 16.5. The Morgan fingerprint density at radius 3 is 2.57 bits per heavy atom. The van der Waals surface area contributed by atoms with Gasteiger partial charge in [0.1, 0.15) is 11.5 Å². The number of rotatable bonds is 5. The molecule has 4 rings (SSSR count). The highest BCUT2D eigenvalue weighted by molar-refractivity contribution is 5.88. The van der Waals surface area contributed by atoms with Crippen LogP contribution in [0.25, 0.3) is 17.0 Å². The van der Waals surface area contributed by atoms with Crippen LogP contribution < -0.4 is 14.8 Å². The van der Waals surface area contributed by atoms with Crippen LogP contribution in [0.2, 0.25) is 0 Å². The average Bonchev–Trinajstić information content (AvgIpc) is 3.11. The van der Waals surface area contributed by atoms with E-state index in [9.17, 15) is 4.79 Å². The number of anilines is 1. The Hall–Kier alpha value is -3.94. The van der Waals surface area contributed by atoms with Crippen LogP contribution in [-0.2, 0) is 4.79 Å². The summed E-state index contributed by atoms with van der Waals surface area (Å²) in [4.78, 5) is 11.2. The van der Waals surface area contributed by atoms with Gasteiger partial charge in [-0.2, -0.15) is 4.52 Å². The van der Waals surface area contributed by atoms with E-state index in [4.69, 9.17) is 9.47 Å². The summed E-state index contributed by atoms with van der Waals surface area (Å²) in [7, 11) is 1.62. The van der Waals surface area contributed by atoms with Gasteiger partial charge < -0.3 is 14.8 Å². The van der Waals surface area contributed by atoms with Gasteiger partial charge in [-0.1, -0.05) is 6.07 Å². The Kier molecular flexibility index (Phi) is 4.59. The molecule has 2 aromatic heterocycles. The van der Waals surface area contributed by atoms with Crippen LogP contribution in [0.5, 0.6) is 17.4 Å². The lowest BCUT2D eigenvalue weighted by Gasteiger charge is -2.08. The number of methoxy groups -OCH3 is 1. The van der Waals surface area contributed by atoms with E-state index in [0.29, 0.717) is 28.8 Å². The third-order valence-corrected chi connectivity index (χ3v) is 3.96. The number of nitrogens with zero attached hydrogens (tertiary/aromatic N) is 4. The third kappa shape index (κ3) is 3.61. The van der Waals surface area contributed by atoms with Crippen molar-refractivity contribution in [2.45, 2.75) is 6.92 Å². The molecule has 0 unspecified atom stereocenters. The van der Waals surface area contributed by atoms with Gasteiger partial charge in [0.25, 0.3) is 0 Å². The minimum absolute atomic E-state index is 0.148. The Labute approximate surface area is 160 Å². The molecular formula is C20H17N5O3. The highest BCUT2D eigenvalue weighted by Crippen LogP contribution is 2.25. The molecule has 28 heavy (non-hydrogen) atoms. The summed E-state index contributed by atoms with van der Waals surface area (Å²) < 4.78 is 12.7. The molecule has 0 aliphatic carbocycles. The van der Waals surface area contributed by atoms with E-state index < -0.39 is 0 Å². The number of benzene rings is 2. The lowest BCUT2D eigenvalue weighted by molar-refractivity contribution is -0.114. The van der Waals surface area contributed by atoms with Gasteiger partial charge in [-0.25, -0.2) is 0 Å². The van der Waals surface area contributed by atoms with Crippen molar-refractivity contribution in [3.05, 3.63) is 60.7 Å². The fourth-order valence-electron chi connectivity index (χ4n) is 2.71. The first-order valence-electron chi connectivity index (χ1n) is 8.55. The maximum atomic E-state index is 11.2. The number of ether oxygens (including phenoxy) is 2. The van der Waals surface area contributed by atoms with Crippen molar-refractivity contribution in [3.8, 4) is 28.8 Å².